The van der Waals surface area contributed by atoms with Gasteiger partial charge in [0.25, 0.3) is 0 Å². The summed E-state index contributed by atoms with van der Waals surface area (Å²) in [4.78, 5) is 8.10. The molecule has 1 unspecified atom stereocenters. The van der Waals surface area contributed by atoms with Crippen LogP contribution in [-0.4, -0.2) is 19.7 Å². The van der Waals surface area contributed by atoms with Crippen molar-refractivity contribution in [2.45, 2.75) is 12.5 Å². The number of nitrogens with one attached hydrogen (secondary N) is 1. The Labute approximate surface area is 104 Å². The van der Waals surface area contributed by atoms with Crippen LogP contribution in [0.1, 0.15) is 17.4 Å². The van der Waals surface area contributed by atoms with Crippen molar-refractivity contribution in [2.75, 3.05) is 0 Å². The molecular weight excluding hydrogens is 240 g/mol. The number of aromatic nitrogens is 4. The third-order valence-corrected chi connectivity index (χ3v) is 2.89. The van der Waals surface area contributed by atoms with Crippen LogP contribution in [-0.2, 0) is 13.5 Å². The molecular formula is C10H13ClN6. The highest BCUT2D eigenvalue weighted by molar-refractivity contribution is 6.31. The molecule has 0 radical (unpaired) electrons. The first-order chi connectivity index (χ1) is 8.22. The average Bonchev–Trinajstić information content (AvgIpc) is 2.73. The van der Waals surface area contributed by atoms with Gasteiger partial charge in [0.05, 0.1) is 11.1 Å². The van der Waals surface area contributed by atoms with Crippen molar-refractivity contribution in [1.82, 2.24) is 25.2 Å². The normalized spacial score (nSPS) is 12.6. The van der Waals surface area contributed by atoms with E-state index in [2.05, 4.69) is 20.5 Å². The number of aryl methyl sites for hydroxylation is 1. The van der Waals surface area contributed by atoms with Gasteiger partial charge in [0, 0.05) is 25.9 Å². The molecule has 2 aromatic rings. The lowest BCUT2D eigenvalue weighted by molar-refractivity contribution is 0.523. The van der Waals surface area contributed by atoms with E-state index in [0.29, 0.717) is 11.4 Å². The van der Waals surface area contributed by atoms with Gasteiger partial charge in [-0.05, 0) is 11.6 Å². The van der Waals surface area contributed by atoms with E-state index in [4.69, 9.17) is 17.4 Å². The summed E-state index contributed by atoms with van der Waals surface area (Å²) in [6, 6.07) is 1.72. The van der Waals surface area contributed by atoms with E-state index < -0.39 is 0 Å². The lowest BCUT2D eigenvalue weighted by Gasteiger charge is -2.16. The third kappa shape index (κ3) is 2.60. The Balaban J connectivity index is 2.23. The Kier molecular flexibility index (Phi) is 3.68. The molecule has 0 spiro atoms. The summed E-state index contributed by atoms with van der Waals surface area (Å²) < 4.78 is 1.71. The van der Waals surface area contributed by atoms with Gasteiger partial charge >= 0.3 is 0 Å². The van der Waals surface area contributed by atoms with Crippen LogP contribution in [0, 0.1) is 0 Å². The van der Waals surface area contributed by atoms with E-state index in [1.165, 1.54) is 6.33 Å². The van der Waals surface area contributed by atoms with Crippen LogP contribution in [0.4, 0.5) is 0 Å². The number of hydrazine groups is 1. The summed E-state index contributed by atoms with van der Waals surface area (Å²) in [6.45, 7) is 0. The van der Waals surface area contributed by atoms with Crippen LogP contribution in [0.25, 0.3) is 0 Å². The Hall–Kier alpha value is -1.50. The molecule has 0 fully saturated rings. The minimum atomic E-state index is -0.117. The molecule has 6 nitrogen and oxygen atoms in total. The van der Waals surface area contributed by atoms with E-state index >= 15 is 0 Å². The topological polar surface area (TPSA) is 81.7 Å². The number of pyridine rings is 1. The van der Waals surface area contributed by atoms with Crippen LogP contribution in [0.15, 0.2) is 24.8 Å². The van der Waals surface area contributed by atoms with E-state index in [9.17, 15) is 0 Å². The molecule has 3 N–H and O–H groups in total. The maximum atomic E-state index is 6.08. The maximum absolute atomic E-state index is 6.08. The fraction of sp³-hybridized carbons (Fsp3) is 0.300. The molecule has 17 heavy (non-hydrogen) atoms. The summed E-state index contributed by atoms with van der Waals surface area (Å²) >= 11 is 6.08. The summed E-state index contributed by atoms with van der Waals surface area (Å²) in [5.41, 5.74) is 3.63. The molecule has 0 saturated heterocycles. The predicted octanol–water partition coefficient (Wildman–Crippen LogP) is 0.611. The smallest absolute Gasteiger partial charge is 0.138 e. The molecule has 0 aliphatic carbocycles. The van der Waals surface area contributed by atoms with Crippen molar-refractivity contribution < 1.29 is 0 Å². The fourth-order valence-electron chi connectivity index (χ4n) is 1.61. The zero-order valence-corrected chi connectivity index (χ0v) is 10.1. The van der Waals surface area contributed by atoms with Gasteiger partial charge in [0.15, 0.2) is 0 Å². The molecule has 0 aliphatic rings. The van der Waals surface area contributed by atoms with Gasteiger partial charge in [-0.25, -0.2) is 4.98 Å². The second kappa shape index (κ2) is 5.22. The quantitative estimate of drug-likeness (QED) is 0.616. The molecule has 1 atom stereocenters. The monoisotopic (exact) mass is 252 g/mol. The van der Waals surface area contributed by atoms with Gasteiger partial charge in [-0.2, -0.15) is 5.10 Å². The summed E-state index contributed by atoms with van der Waals surface area (Å²) in [7, 11) is 1.84. The van der Waals surface area contributed by atoms with Crippen LogP contribution in [0.3, 0.4) is 0 Å². The largest absolute Gasteiger partial charge is 0.271 e. The van der Waals surface area contributed by atoms with Crippen LogP contribution in [0.2, 0.25) is 5.02 Å². The molecule has 90 valence electrons. The molecule has 0 aromatic carbocycles. The maximum Gasteiger partial charge on any atom is 0.138 e. The highest BCUT2D eigenvalue weighted by Gasteiger charge is 2.16. The van der Waals surface area contributed by atoms with Gasteiger partial charge in [-0.15, -0.1) is 0 Å². The lowest BCUT2D eigenvalue weighted by Crippen LogP contribution is -2.30. The zero-order valence-electron chi connectivity index (χ0n) is 9.34. The van der Waals surface area contributed by atoms with E-state index in [0.717, 1.165) is 11.4 Å². The van der Waals surface area contributed by atoms with Crippen LogP contribution >= 0.6 is 11.6 Å². The fourth-order valence-corrected chi connectivity index (χ4v) is 1.87. The molecule has 7 heteroatoms. The Morgan fingerprint density at radius 3 is 3.00 bits per heavy atom. The average molecular weight is 253 g/mol. The molecule has 0 saturated carbocycles. The molecule has 2 rings (SSSR count). The lowest BCUT2D eigenvalue weighted by atomic mass is 10.1. The Morgan fingerprint density at radius 2 is 2.41 bits per heavy atom. The van der Waals surface area contributed by atoms with Crippen LogP contribution in [0.5, 0.6) is 0 Å². The third-order valence-electron chi connectivity index (χ3n) is 2.57. The number of nitrogens with two attached hydrogens (primary N) is 1. The van der Waals surface area contributed by atoms with E-state index in [1.54, 1.807) is 17.1 Å². The van der Waals surface area contributed by atoms with Crippen molar-refractivity contribution in [3.05, 3.63) is 41.2 Å². The van der Waals surface area contributed by atoms with Crippen molar-refractivity contribution in [1.29, 1.82) is 0 Å². The molecule has 2 aromatic heterocycles. The first kappa shape index (κ1) is 12.0. The van der Waals surface area contributed by atoms with Crippen molar-refractivity contribution in [3.8, 4) is 0 Å². The number of hydrogen-bond donors (Lipinski definition) is 2. The van der Waals surface area contributed by atoms with Gasteiger partial charge in [-0.3, -0.25) is 20.9 Å². The highest BCUT2D eigenvalue weighted by Crippen LogP contribution is 2.23. The first-order valence-electron chi connectivity index (χ1n) is 5.10. The van der Waals surface area contributed by atoms with Crippen molar-refractivity contribution in [2.24, 2.45) is 12.9 Å². The molecule has 0 aliphatic heterocycles. The van der Waals surface area contributed by atoms with Crippen molar-refractivity contribution in [3.63, 3.8) is 0 Å². The second-order valence-corrected chi connectivity index (χ2v) is 4.03. The van der Waals surface area contributed by atoms with Gasteiger partial charge < -0.3 is 0 Å². The summed E-state index contributed by atoms with van der Waals surface area (Å²) in [5, 5.41) is 4.59. The summed E-state index contributed by atoms with van der Waals surface area (Å²) in [5.74, 6) is 6.39. The molecule has 2 heterocycles. The number of halogens is 1. The molecule has 0 bridgehead atoms. The predicted molar refractivity (Wildman–Crippen MR) is 64.0 cm³/mol. The van der Waals surface area contributed by atoms with E-state index in [-0.39, 0.29) is 6.04 Å². The van der Waals surface area contributed by atoms with Crippen molar-refractivity contribution >= 4 is 11.6 Å². The second-order valence-electron chi connectivity index (χ2n) is 3.62. The minimum absolute atomic E-state index is 0.117. The van der Waals surface area contributed by atoms with E-state index in [1.807, 2.05) is 13.1 Å². The number of rotatable bonds is 4. The summed E-state index contributed by atoms with van der Waals surface area (Å²) in [6.07, 6.45) is 5.40. The van der Waals surface area contributed by atoms with Gasteiger partial charge in [-0.1, -0.05) is 11.6 Å². The Bertz CT molecular complexity index is 497. The van der Waals surface area contributed by atoms with Gasteiger partial charge in [0.2, 0.25) is 0 Å². The molecule has 0 amide bonds. The standard InChI is InChI=1S/C10H13ClN6/c1-17-10(14-6-15-17)4-9(16-12)7-2-3-13-5-8(7)11/h2-3,5-6,9,16H,4,12H2,1H3. The zero-order chi connectivity index (χ0) is 12.3. The van der Waals surface area contributed by atoms with Crippen LogP contribution < -0.4 is 11.3 Å². The Morgan fingerprint density at radius 1 is 1.59 bits per heavy atom. The minimum Gasteiger partial charge on any atom is -0.271 e. The number of nitrogens with zero attached hydrogens (tertiary/aromatic N) is 4. The number of hydrogen-bond acceptors (Lipinski definition) is 5. The SMILES string of the molecule is Cn1ncnc1CC(NN)c1ccncc1Cl. The van der Waals surface area contributed by atoms with Gasteiger partial charge in [0.1, 0.15) is 12.2 Å². The highest BCUT2D eigenvalue weighted by atomic mass is 35.5. The first-order valence-corrected chi connectivity index (χ1v) is 5.48.